The molecule has 0 saturated carbocycles. The number of pyridine rings is 2. The third-order valence-corrected chi connectivity index (χ3v) is 8.19. The quantitative estimate of drug-likeness (QED) is 0.556. The number of thioether (sulfide) groups is 1. The predicted molar refractivity (Wildman–Crippen MR) is 117 cm³/mol. The van der Waals surface area contributed by atoms with E-state index >= 15 is 0 Å². The van der Waals surface area contributed by atoms with E-state index in [1.807, 2.05) is 31.3 Å². The lowest BCUT2D eigenvalue weighted by Crippen LogP contribution is -2.47. The van der Waals surface area contributed by atoms with Gasteiger partial charge in [-0.1, -0.05) is 17.7 Å². The fraction of sp³-hybridized carbons (Fsp3) is 0.300. The number of benzene rings is 1. The van der Waals surface area contributed by atoms with E-state index in [0.29, 0.717) is 23.9 Å². The van der Waals surface area contributed by atoms with Gasteiger partial charge in [0, 0.05) is 54.7 Å². The minimum atomic E-state index is -3.49. The number of sulfonamides is 1. The molecular weight excluding hydrogens is 428 g/mol. The van der Waals surface area contributed by atoms with E-state index in [-0.39, 0.29) is 4.90 Å². The Bertz CT molecular complexity index is 1120. The van der Waals surface area contributed by atoms with Crippen molar-refractivity contribution in [1.82, 2.24) is 19.2 Å². The first-order valence-corrected chi connectivity index (χ1v) is 12.1. The Morgan fingerprint density at radius 1 is 1.07 bits per heavy atom. The highest BCUT2D eigenvalue weighted by atomic mass is 35.5. The molecule has 9 heteroatoms. The van der Waals surface area contributed by atoms with Gasteiger partial charge in [0.25, 0.3) is 0 Å². The predicted octanol–water partition coefficient (Wildman–Crippen LogP) is 3.51. The average molecular weight is 449 g/mol. The maximum atomic E-state index is 12.8. The fourth-order valence-electron chi connectivity index (χ4n) is 3.25. The summed E-state index contributed by atoms with van der Waals surface area (Å²) in [5, 5.41) is 2.37. The van der Waals surface area contributed by atoms with Crippen LogP contribution in [0, 0.1) is 0 Å². The summed E-state index contributed by atoms with van der Waals surface area (Å²) in [4.78, 5) is 11.2. The Balaban J connectivity index is 1.47. The summed E-state index contributed by atoms with van der Waals surface area (Å²) >= 11 is 7.80. The minimum absolute atomic E-state index is 0.241. The fourth-order valence-corrected chi connectivity index (χ4v) is 5.66. The molecule has 29 heavy (non-hydrogen) atoms. The number of rotatable bonds is 5. The number of hydrogen-bond donors (Lipinski definition) is 0. The van der Waals surface area contributed by atoms with E-state index < -0.39 is 10.0 Å². The smallest absolute Gasteiger partial charge is 0.244 e. The lowest BCUT2D eigenvalue weighted by atomic mass is 10.1. The zero-order valence-electron chi connectivity index (χ0n) is 16.0. The summed E-state index contributed by atoms with van der Waals surface area (Å²) in [5.41, 5.74) is 1.94. The lowest BCUT2D eigenvalue weighted by Gasteiger charge is -2.31. The van der Waals surface area contributed by atoms with E-state index in [1.54, 1.807) is 30.1 Å². The van der Waals surface area contributed by atoms with Crippen LogP contribution in [-0.2, 0) is 15.8 Å². The number of likely N-dealkylation sites (N-methyl/N-ethyl adjacent to an activating group) is 1. The molecule has 1 fully saturated rings. The Labute approximate surface area is 180 Å². The second-order valence-corrected chi connectivity index (χ2v) is 10.3. The van der Waals surface area contributed by atoms with Crippen molar-refractivity contribution in [2.45, 2.75) is 15.7 Å². The average Bonchev–Trinajstić information content (AvgIpc) is 2.74. The molecule has 0 amide bonds. The van der Waals surface area contributed by atoms with Gasteiger partial charge in [-0.2, -0.15) is 4.31 Å². The maximum Gasteiger partial charge on any atom is 0.244 e. The molecule has 0 bridgehead atoms. The molecule has 4 rings (SSSR count). The summed E-state index contributed by atoms with van der Waals surface area (Å²) in [6, 6.07) is 11.1. The second kappa shape index (κ2) is 8.57. The highest BCUT2D eigenvalue weighted by molar-refractivity contribution is 7.98. The number of nitrogens with zero attached hydrogens (tertiary/aromatic N) is 4. The Hall–Kier alpha value is -1.71. The van der Waals surface area contributed by atoms with Gasteiger partial charge in [0.2, 0.25) is 10.0 Å². The second-order valence-electron chi connectivity index (χ2n) is 6.93. The van der Waals surface area contributed by atoms with Crippen LogP contribution in [0.15, 0.2) is 58.7 Å². The number of fused-ring (bicyclic) bond motifs is 1. The molecule has 0 unspecified atom stereocenters. The Kier molecular flexibility index (Phi) is 6.08. The zero-order chi connectivity index (χ0) is 20.4. The molecular formula is C20H21ClN4O2S2. The van der Waals surface area contributed by atoms with Gasteiger partial charge < -0.3 is 4.90 Å². The molecule has 1 saturated heterocycles. The van der Waals surface area contributed by atoms with Crippen LogP contribution >= 0.6 is 23.4 Å². The van der Waals surface area contributed by atoms with E-state index in [1.165, 1.54) is 10.5 Å². The number of piperazine rings is 1. The van der Waals surface area contributed by atoms with Crippen LogP contribution < -0.4 is 0 Å². The van der Waals surface area contributed by atoms with Gasteiger partial charge in [0.1, 0.15) is 4.90 Å². The van der Waals surface area contributed by atoms with Crippen molar-refractivity contribution in [3.8, 4) is 0 Å². The molecule has 3 heterocycles. The van der Waals surface area contributed by atoms with E-state index in [2.05, 4.69) is 14.9 Å². The third kappa shape index (κ3) is 4.41. The van der Waals surface area contributed by atoms with Crippen LogP contribution in [0.4, 0.5) is 0 Å². The SMILES string of the molecule is CN1CCN(S(=O)(=O)c2ccc(SCc3ccc(Cl)c4cccnc34)nc2)CC1. The Morgan fingerprint density at radius 3 is 2.59 bits per heavy atom. The normalized spacial score (nSPS) is 16.3. The molecule has 1 aliphatic rings. The first-order valence-electron chi connectivity index (χ1n) is 9.25. The molecule has 0 aliphatic carbocycles. The number of hydrogen-bond acceptors (Lipinski definition) is 6. The van der Waals surface area contributed by atoms with Gasteiger partial charge in [-0.3, -0.25) is 4.98 Å². The topological polar surface area (TPSA) is 66.4 Å². The van der Waals surface area contributed by atoms with Gasteiger partial charge in [-0.15, -0.1) is 11.8 Å². The first kappa shape index (κ1) is 20.6. The zero-order valence-corrected chi connectivity index (χ0v) is 18.3. The lowest BCUT2D eigenvalue weighted by molar-refractivity contribution is 0.222. The molecule has 6 nitrogen and oxygen atoms in total. The maximum absolute atomic E-state index is 12.8. The minimum Gasteiger partial charge on any atom is -0.304 e. The molecule has 0 N–H and O–H groups in total. The number of halogens is 1. The number of aromatic nitrogens is 2. The van der Waals surface area contributed by atoms with Crippen molar-refractivity contribution in [1.29, 1.82) is 0 Å². The van der Waals surface area contributed by atoms with Crippen molar-refractivity contribution < 1.29 is 8.42 Å². The highest BCUT2D eigenvalue weighted by Gasteiger charge is 2.27. The first-order chi connectivity index (χ1) is 13.9. The summed E-state index contributed by atoms with van der Waals surface area (Å²) in [5.74, 6) is 0.669. The summed E-state index contributed by atoms with van der Waals surface area (Å²) in [7, 11) is -1.50. The van der Waals surface area contributed by atoms with Crippen molar-refractivity contribution in [3.05, 3.63) is 59.4 Å². The standard InChI is InChI=1S/C20H21ClN4O2S2/c1-24-9-11-25(12-10-24)29(26,27)16-5-7-19(23-13-16)28-14-15-4-6-18(21)17-3-2-8-22-20(15)17/h2-8,13H,9-12,14H2,1H3. The van der Waals surface area contributed by atoms with E-state index in [9.17, 15) is 8.42 Å². The molecule has 3 aromatic rings. The Morgan fingerprint density at radius 2 is 1.86 bits per heavy atom. The van der Waals surface area contributed by atoms with Crippen molar-refractivity contribution in [2.75, 3.05) is 33.2 Å². The van der Waals surface area contributed by atoms with Gasteiger partial charge in [-0.25, -0.2) is 13.4 Å². The van der Waals surface area contributed by atoms with Crippen LogP contribution in [0.25, 0.3) is 10.9 Å². The third-order valence-electron chi connectivity index (χ3n) is 4.98. The summed E-state index contributed by atoms with van der Waals surface area (Å²) in [6.45, 7) is 2.49. The molecule has 152 valence electrons. The molecule has 0 atom stereocenters. The van der Waals surface area contributed by atoms with Crippen molar-refractivity contribution >= 4 is 44.3 Å². The monoisotopic (exact) mass is 448 g/mol. The van der Waals surface area contributed by atoms with Gasteiger partial charge in [0.05, 0.1) is 10.5 Å². The van der Waals surface area contributed by atoms with E-state index in [0.717, 1.165) is 34.6 Å². The van der Waals surface area contributed by atoms with Crippen LogP contribution in [-0.4, -0.2) is 60.8 Å². The summed E-state index contributed by atoms with van der Waals surface area (Å²) in [6.07, 6.45) is 3.21. The van der Waals surface area contributed by atoms with Crippen molar-refractivity contribution in [2.24, 2.45) is 0 Å². The van der Waals surface area contributed by atoms with Crippen molar-refractivity contribution in [3.63, 3.8) is 0 Å². The van der Waals surface area contributed by atoms with Crippen LogP contribution in [0.3, 0.4) is 0 Å². The van der Waals surface area contributed by atoms with Gasteiger partial charge in [-0.05, 0) is 42.9 Å². The van der Waals surface area contributed by atoms with Gasteiger partial charge in [0.15, 0.2) is 0 Å². The molecule has 1 aromatic carbocycles. The summed E-state index contributed by atoms with van der Waals surface area (Å²) < 4.78 is 27.1. The van der Waals surface area contributed by atoms with Crippen LogP contribution in [0.1, 0.15) is 5.56 Å². The largest absolute Gasteiger partial charge is 0.304 e. The van der Waals surface area contributed by atoms with Crippen LogP contribution in [0.2, 0.25) is 5.02 Å². The molecule has 0 radical (unpaired) electrons. The molecule has 1 aliphatic heterocycles. The molecule has 0 spiro atoms. The van der Waals surface area contributed by atoms with Crippen LogP contribution in [0.5, 0.6) is 0 Å². The van der Waals surface area contributed by atoms with E-state index in [4.69, 9.17) is 11.6 Å². The van der Waals surface area contributed by atoms with Gasteiger partial charge >= 0.3 is 0 Å². The molecule has 2 aromatic heterocycles. The highest BCUT2D eigenvalue weighted by Crippen LogP contribution is 2.29.